The number of aliphatic hydroxyl groups is 1. The van der Waals surface area contributed by atoms with Gasteiger partial charge in [0.15, 0.2) is 6.23 Å². The fourth-order valence-corrected chi connectivity index (χ4v) is 1.80. The Hall–Kier alpha value is -2.52. The maximum Gasteiger partial charge on any atom is 0.155 e. The number of nitrogens with one attached hydrogen (secondary N) is 1. The van der Waals surface area contributed by atoms with Crippen molar-refractivity contribution in [2.45, 2.75) is 33.0 Å². The molecule has 0 heterocycles. The first-order valence-corrected chi connectivity index (χ1v) is 6.86. The highest BCUT2D eigenvalue weighted by molar-refractivity contribution is 5.50. The Bertz CT molecular complexity index is 630. The van der Waals surface area contributed by atoms with Gasteiger partial charge in [0.05, 0.1) is 18.1 Å². The molecule has 1 rings (SSSR count). The number of allylic oxidation sites excluding steroid dienone is 1. The van der Waals surface area contributed by atoms with E-state index in [0.29, 0.717) is 16.8 Å². The number of aliphatic hydroxyl groups excluding tert-OH is 1. The number of nitriles is 1. The molecule has 0 aliphatic carbocycles. The van der Waals surface area contributed by atoms with E-state index in [2.05, 4.69) is 16.3 Å². The Morgan fingerprint density at radius 3 is 2.68 bits per heavy atom. The Balaban J connectivity index is 3.16. The summed E-state index contributed by atoms with van der Waals surface area (Å²) in [6.45, 7) is 5.36. The maximum absolute atomic E-state index is 10.3. The van der Waals surface area contributed by atoms with Gasteiger partial charge in [-0.1, -0.05) is 12.1 Å². The highest BCUT2D eigenvalue weighted by Gasteiger charge is 2.24. The highest BCUT2D eigenvalue weighted by atomic mass is 16.3. The number of azo groups is 1. The van der Waals surface area contributed by atoms with Crippen LogP contribution in [0.2, 0.25) is 0 Å². The van der Waals surface area contributed by atoms with Crippen molar-refractivity contribution in [1.82, 2.24) is 4.90 Å². The van der Waals surface area contributed by atoms with Gasteiger partial charge in [-0.3, -0.25) is 5.41 Å². The lowest BCUT2D eigenvalue weighted by atomic mass is 10.0. The highest BCUT2D eigenvalue weighted by Crippen LogP contribution is 2.20. The number of hydrogen-bond acceptors (Lipinski definition) is 5. The van der Waals surface area contributed by atoms with Crippen LogP contribution in [-0.2, 0) is 0 Å². The van der Waals surface area contributed by atoms with Gasteiger partial charge in [-0.25, -0.2) is 0 Å². The summed E-state index contributed by atoms with van der Waals surface area (Å²) in [4.78, 5) is 1.31. The van der Waals surface area contributed by atoms with E-state index in [1.165, 1.54) is 4.90 Å². The maximum atomic E-state index is 10.3. The number of likely N-dealkylation sites (N-methyl/N-ethyl adjacent to an activating group) is 1. The molecule has 0 aromatic heterocycles. The molecule has 1 aromatic rings. The second-order valence-corrected chi connectivity index (χ2v) is 5.13. The van der Waals surface area contributed by atoms with Crippen LogP contribution in [0.5, 0.6) is 0 Å². The van der Waals surface area contributed by atoms with Crippen LogP contribution < -0.4 is 0 Å². The van der Waals surface area contributed by atoms with Crippen LogP contribution in [0.15, 0.2) is 45.6 Å². The number of rotatable bonds is 6. The molecule has 0 amide bonds. The molecule has 0 radical (unpaired) electrons. The molecule has 1 aromatic carbocycles. The second kappa shape index (κ2) is 8.05. The minimum absolute atomic E-state index is 0.477. The summed E-state index contributed by atoms with van der Waals surface area (Å²) in [5.74, 6) is 0. The summed E-state index contributed by atoms with van der Waals surface area (Å²) in [7, 11) is 1.57. The number of nitrogens with zero attached hydrogens (tertiary/aromatic N) is 4. The summed E-state index contributed by atoms with van der Waals surface area (Å²) in [6, 6.07) is 8.87. The molecule has 6 heteroatoms. The van der Waals surface area contributed by atoms with E-state index in [1.54, 1.807) is 20.9 Å². The number of benzene rings is 1. The molecule has 116 valence electrons. The van der Waals surface area contributed by atoms with Gasteiger partial charge < -0.3 is 10.0 Å². The van der Waals surface area contributed by atoms with Crippen LogP contribution in [0, 0.1) is 23.7 Å². The van der Waals surface area contributed by atoms with Crippen LogP contribution in [0.4, 0.5) is 5.69 Å². The third-order valence-corrected chi connectivity index (χ3v) is 3.41. The van der Waals surface area contributed by atoms with Crippen LogP contribution in [-0.4, -0.2) is 35.7 Å². The Morgan fingerprint density at radius 2 is 2.14 bits per heavy atom. The monoisotopic (exact) mass is 299 g/mol. The third-order valence-electron chi connectivity index (χ3n) is 3.41. The Labute approximate surface area is 130 Å². The molecule has 0 bridgehead atoms. The molecule has 2 N–H and O–H groups in total. The van der Waals surface area contributed by atoms with Gasteiger partial charge in [0.25, 0.3) is 0 Å². The average molecular weight is 299 g/mol. The largest absolute Gasteiger partial charge is 0.371 e. The van der Waals surface area contributed by atoms with Gasteiger partial charge in [-0.15, -0.1) is 0 Å². The van der Waals surface area contributed by atoms with Gasteiger partial charge in [0.1, 0.15) is 6.04 Å². The quantitative estimate of drug-likeness (QED) is 0.277. The molecular formula is C16H21N5O. The van der Waals surface area contributed by atoms with Gasteiger partial charge in [0, 0.05) is 12.6 Å². The first-order valence-electron chi connectivity index (χ1n) is 6.86. The molecule has 0 saturated heterocycles. The smallest absolute Gasteiger partial charge is 0.155 e. The summed E-state index contributed by atoms with van der Waals surface area (Å²) in [6.07, 6.45) is -0.0520. The SMILES string of the molecule is C/C(C#N)=C(/C)C(N=Nc1cccc(C)c1)C(O)N(C)C=N. The Kier molecular flexibility index (Phi) is 6.42. The van der Waals surface area contributed by atoms with E-state index >= 15 is 0 Å². The van der Waals surface area contributed by atoms with E-state index in [0.717, 1.165) is 11.9 Å². The van der Waals surface area contributed by atoms with Crippen molar-refractivity contribution in [3.8, 4) is 6.07 Å². The molecule has 0 spiro atoms. The summed E-state index contributed by atoms with van der Waals surface area (Å²) in [5.41, 5.74) is 2.84. The second-order valence-electron chi connectivity index (χ2n) is 5.13. The van der Waals surface area contributed by atoms with Crippen LogP contribution in [0.25, 0.3) is 0 Å². The van der Waals surface area contributed by atoms with Gasteiger partial charge in [0.2, 0.25) is 0 Å². The van der Waals surface area contributed by atoms with E-state index in [4.69, 9.17) is 10.7 Å². The predicted octanol–water partition coefficient (Wildman–Crippen LogP) is 3.16. The van der Waals surface area contributed by atoms with E-state index < -0.39 is 12.3 Å². The van der Waals surface area contributed by atoms with Crippen molar-refractivity contribution in [2.75, 3.05) is 7.05 Å². The minimum atomic E-state index is -1.06. The van der Waals surface area contributed by atoms with Crippen molar-refractivity contribution in [3.63, 3.8) is 0 Å². The fourth-order valence-electron chi connectivity index (χ4n) is 1.80. The standard InChI is InChI=1S/C16H21N5O/c1-11-6-5-7-14(8-11)19-20-15(13(3)12(2)9-17)16(22)21(4)10-18/h5-8,10,15-16,18,22H,1-4H3/b13-12+,18-10?,20-19?. The molecule has 2 unspecified atom stereocenters. The molecular weight excluding hydrogens is 278 g/mol. The number of hydrogen-bond donors (Lipinski definition) is 2. The summed E-state index contributed by atoms with van der Waals surface area (Å²) >= 11 is 0. The van der Waals surface area contributed by atoms with Crippen LogP contribution >= 0.6 is 0 Å². The molecule has 22 heavy (non-hydrogen) atoms. The van der Waals surface area contributed by atoms with Crippen molar-refractivity contribution in [3.05, 3.63) is 41.0 Å². The first kappa shape index (κ1) is 17.5. The molecule has 6 nitrogen and oxygen atoms in total. The predicted molar refractivity (Wildman–Crippen MR) is 86.0 cm³/mol. The normalized spacial score (nSPS) is 14.9. The van der Waals surface area contributed by atoms with Crippen molar-refractivity contribution >= 4 is 12.0 Å². The lowest BCUT2D eigenvalue weighted by Crippen LogP contribution is -2.40. The first-order chi connectivity index (χ1) is 10.4. The average Bonchev–Trinajstić information content (AvgIpc) is 2.52. The molecule has 0 saturated carbocycles. The van der Waals surface area contributed by atoms with Crippen molar-refractivity contribution < 1.29 is 5.11 Å². The van der Waals surface area contributed by atoms with Gasteiger partial charge >= 0.3 is 0 Å². The third kappa shape index (κ3) is 4.50. The zero-order chi connectivity index (χ0) is 16.7. The van der Waals surface area contributed by atoms with Crippen molar-refractivity contribution in [1.29, 1.82) is 10.7 Å². The molecule has 0 aliphatic heterocycles. The molecule has 2 atom stereocenters. The van der Waals surface area contributed by atoms with Gasteiger partial charge in [-0.2, -0.15) is 15.5 Å². The Morgan fingerprint density at radius 1 is 1.45 bits per heavy atom. The zero-order valence-electron chi connectivity index (χ0n) is 13.3. The van der Waals surface area contributed by atoms with Crippen LogP contribution in [0.3, 0.4) is 0 Å². The van der Waals surface area contributed by atoms with E-state index in [1.807, 2.05) is 31.2 Å². The van der Waals surface area contributed by atoms with E-state index in [-0.39, 0.29) is 0 Å². The molecule has 0 fully saturated rings. The number of aryl methyl sites for hydroxylation is 1. The molecule has 0 aliphatic rings. The van der Waals surface area contributed by atoms with Crippen molar-refractivity contribution in [2.24, 2.45) is 10.2 Å². The lowest BCUT2D eigenvalue weighted by molar-refractivity contribution is 0.0568. The lowest BCUT2D eigenvalue weighted by Gasteiger charge is -2.26. The van der Waals surface area contributed by atoms with Gasteiger partial charge in [-0.05, 0) is 44.0 Å². The topological polar surface area (TPSA) is 95.8 Å². The minimum Gasteiger partial charge on any atom is -0.371 e. The van der Waals surface area contributed by atoms with Crippen LogP contribution in [0.1, 0.15) is 19.4 Å². The van der Waals surface area contributed by atoms with E-state index in [9.17, 15) is 5.11 Å². The summed E-state index contributed by atoms with van der Waals surface area (Å²) in [5, 5.41) is 34.9. The zero-order valence-corrected chi connectivity index (χ0v) is 13.3. The fraction of sp³-hybridized carbons (Fsp3) is 0.375. The summed E-state index contributed by atoms with van der Waals surface area (Å²) < 4.78 is 0.